The van der Waals surface area contributed by atoms with E-state index in [1.54, 1.807) is 17.4 Å². The fraction of sp³-hybridized carbons (Fsp3) is 0.407. The van der Waals surface area contributed by atoms with Crippen LogP contribution >= 0.6 is 34.2 Å². The first-order valence-electron chi connectivity index (χ1n) is 13.5. The zero-order valence-electron chi connectivity index (χ0n) is 21.7. The van der Waals surface area contributed by atoms with E-state index < -0.39 is 0 Å². The topological polar surface area (TPSA) is 134 Å². The summed E-state index contributed by atoms with van der Waals surface area (Å²) in [4.78, 5) is 32.6. The molecule has 208 valence electrons. The second kappa shape index (κ2) is 10.7. The third kappa shape index (κ3) is 4.85. The maximum absolute atomic E-state index is 12.9. The molecule has 2 fully saturated rings. The van der Waals surface area contributed by atoms with Crippen LogP contribution in [0.1, 0.15) is 41.6 Å². The van der Waals surface area contributed by atoms with Crippen molar-refractivity contribution in [3.8, 4) is 11.3 Å². The molecule has 40 heavy (non-hydrogen) atoms. The molecule has 4 aromatic rings. The molecule has 0 radical (unpaired) electrons. The Labute approximate surface area is 242 Å². The van der Waals surface area contributed by atoms with Gasteiger partial charge in [0.25, 0.3) is 5.91 Å². The van der Waals surface area contributed by atoms with Crippen LogP contribution in [0, 0.1) is 0 Å². The minimum Gasteiger partial charge on any atom is -0.378 e. The Morgan fingerprint density at radius 1 is 1.10 bits per heavy atom. The maximum Gasteiger partial charge on any atom is 0.255 e. The van der Waals surface area contributed by atoms with Crippen molar-refractivity contribution in [2.45, 2.75) is 44.3 Å². The molecule has 0 spiro atoms. The van der Waals surface area contributed by atoms with E-state index in [1.807, 2.05) is 17.5 Å². The van der Waals surface area contributed by atoms with Crippen LogP contribution in [0.3, 0.4) is 0 Å². The fourth-order valence-corrected chi connectivity index (χ4v) is 8.59. The number of nitrogens with zero attached hydrogens (tertiary/aromatic N) is 3. The fourth-order valence-electron chi connectivity index (χ4n) is 5.57. The largest absolute Gasteiger partial charge is 0.378 e. The van der Waals surface area contributed by atoms with Crippen molar-refractivity contribution in [2.75, 3.05) is 41.8 Å². The van der Waals surface area contributed by atoms with Crippen molar-refractivity contribution in [1.29, 1.82) is 0 Å². The number of ether oxygens (including phenoxy) is 1. The van der Waals surface area contributed by atoms with Gasteiger partial charge in [-0.25, -0.2) is 4.98 Å². The minimum absolute atomic E-state index is 0.0350. The first kappa shape index (κ1) is 25.8. The van der Waals surface area contributed by atoms with Crippen molar-refractivity contribution in [1.82, 2.24) is 14.7 Å². The number of thiophene rings is 1. The summed E-state index contributed by atoms with van der Waals surface area (Å²) < 4.78 is 11.9. The molecule has 1 amide bonds. The Balaban J connectivity index is 1.19. The number of carbonyl (C=O) groups excluding carboxylic acids is 1. The number of amides is 1. The van der Waals surface area contributed by atoms with Gasteiger partial charge < -0.3 is 31.3 Å². The van der Waals surface area contributed by atoms with E-state index >= 15 is 0 Å². The molecule has 10 nitrogen and oxygen atoms in total. The van der Waals surface area contributed by atoms with Crippen molar-refractivity contribution in [2.24, 2.45) is 5.73 Å². The summed E-state index contributed by atoms with van der Waals surface area (Å²) in [5, 5.41) is 13.5. The van der Waals surface area contributed by atoms with E-state index in [0.29, 0.717) is 37.0 Å². The predicted octanol–water partition coefficient (Wildman–Crippen LogP) is 4.35. The zero-order valence-corrected chi connectivity index (χ0v) is 24.1. The normalized spacial score (nSPS) is 20.9. The summed E-state index contributed by atoms with van der Waals surface area (Å²) in [5.74, 6) is 1.08. The smallest absolute Gasteiger partial charge is 0.255 e. The molecule has 0 unspecified atom stereocenters. The second-order valence-electron chi connectivity index (χ2n) is 10.3. The quantitative estimate of drug-likeness (QED) is 0.257. The SMILES string of the molecule is N[C@@H]1CCCC[C@@H]1Nc1cc2c(c(Nc3cc(-c4csc5c(=O)cc(N6CCOCC6)sc45)ns3)n1)C(=O)NC2. The van der Waals surface area contributed by atoms with Crippen LogP contribution in [-0.2, 0) is 11.3 Å². The Morgan fingerprint density at radius 2 is 1.95 bits per heavy atom. The highest BCUT2D eigenvalue weighted by molar-refractivity contribution is 7.28. The molecular weight excluding hydrogens is 567 g/mol. The van der Waals surface area contributed by atoms with Gasteiger partial charge in [-0.1, -0.05) is 12.8 Å². The number of morpholine rings is 1. The van der Waals surface area contributed by atoms with Crippen LogP contribution in [0.4, 0.5) is 21.6 Å². The van der Waals surface area contributed by atoms with E-state index in [1.165, 1.54) is 22.9 Å². The van der Waals surface area contributed by atoms with Gasteiger partial charge in [0.15, 0.2) is 5.43 Å². The van der Waals surface area contributed by atoms with E-state index in [9.17, 15) is 9.59 Å². The van der Waals surface area contributed by atoms with Gasteiger partial charge in [0.05, 0.1) is 38.9 Å². The standard InChI is InChI=1S/C27H29N7O3S3/c28-16-3-1-2-4-17(16)30-20-9-14-12-29-27(36)23(14)26(31-20)32-21-10-18(33-40-21)15-13-38-25-19(35)11-22(39-24(15)25)34-5-7-37-8-6-34/h9-11,13,16-17H,1-8,12,28H2,(H,29,36)(H2,30,31,32)/t16-,17+/m1/s1. The number of pyridine rings is 1. The maximum atomic E-state index is 12.9. The monoisotopic (exact) mass is 595 g/mol. The molecule has 1 saturated heterocycles. The average Bonchev–Trinajstić information content (AvgIpc) is 3.69. The number of hydrogen-bond donors (Lipinski definition) is 4. The van der Waals surface area contributed by atoms with Gasteiger partial charge in [0.1, 0.15) is 16.6 Å². The Kier molecular flexibility index (Phi) is 6.92. The third-order valence-electron chi connectivity index (χ3n) is 7.70. The lowest BCUT2D eigenvalue weighted by molar-refractivity contribution is 0.0966. The summed E-state index contributed by atoms with van der Waals surface area (Å²) in [6, 6.07) is 5.90. The molecule has 0 aromatic carbocycles. The highest BCUT2D eigenvalue weighted by Crippen LogP contribution is 2.40. The molecule has 4 aromatic heterocycles. The number of fused-ring (bicyclic) bond motifs is 2. The van der Waals surface area contributed by atoms with E-state index in [0.717, 1.165) is 75.0 Å². The van der Waals surface area contributed by atoms with Gasteiger partial charge >= 0.3 is 0 Å². The molecule has 13 heteroatoms. The number of nitrogens with one attached hydrogen (secondary N) is 3. The molecule has 7 rings (SSSR count). The lowest BCUT2D eigenvalue weighted by Crippen LogP contribution is -2.42. The summed E-state index contributed by atoms with van der Waals surface area (Å²) >= 11 is 4.39. The highest BCUT2D eigenvalue weighted by atomic mass is 32.1. The first-order chi connectivity index (χ1) is 19.5. The Bertz CT molecular complexity index is 1640. The van der Waals surface area contributed by atoms with Crippen LogP contribution in [0.5, 0.6) is 0 Å². The Hall–Kier alpha value is -3.10. The van der Waals surface area contributed by atoms with E-state index in [-0.39, 0.29) is 23.4 Å². The molecule has 2 atom stereocenters. The number of carbonyl (C=O) groups is 1. The Morgan fingerprint density at radius 3 is 2.80 bits per heavy atom. The lowest BCUT2D eigenvalue weighted by Gasteiger charge is -2.30. The van der Waals surface area contributed by atoms with Crippen LogP contribution < -0.4 is 32.0 Å². The van der Waals surface area contributed by atoms with Gasteiger partial charge in [0.2, 0.25) is 0 Å². The summed E-state index contributed by atoms with van der Waals surface area (Å²) in [5.41, 5.74) is 9.60. The molecule has 0 bridgehead atoms. The summed E-state index contributed by atoms with van der Waals surface area (Å²) in [7, 11) is 0. The number of nitrogens with two attached hydrogens (primary N) is 1. The first-order valence-corrected chi connectivity index (χ1v) is 16.0. The van der Waals surface area contributed by atoms with Crippen LogP contribution in [0.25, 0.3) is 20.7 Å². The van der Waals surface area contributed by atoms with Crippen molar-refractivity contribution in [3.63, 3.8) is 0 Å². The molecule has 1 saturated carbocycles. The molecule has 2 aliphatic heterocycles. The van der Waals surface area contributed by atoms with Gasteiger partial charge in [-0.05, 0) is 36.0 Å². The lowest BCUT2D eigenvalue weighted by atomic mass is 9.91. The van der Waals surface area contributed by atoms with Crippen LogP contribution in [-0.4, -0.2) is 53.7 Å². The third-order valence-corrected chi connectivity index (χ3v) is 10.7. The van der Waals surface area contributed by atoms with Crippen LogP contribution in [0.15, 0.2) is 28.4 Å². The molecular formula is C27H29N7O3S3. The van der Waals surface area contributed by atoms with Crippen molar-refractivity contribution < 1.29 is 9.53 Å². The molecule has 3 aliphatic rings. The van der Waals surface area contributed by atoms with Gasteiger partial charge in [-0.3, -0.25) is 9.59 Å². The van der Waals surface area contributed by atoms with E-state index in [4.69, 9.17) is 19.8 Å². The second-order valence-corrected chi connectivity index (χ2v) is 13.0. The molecule has 1 aliphatic carbocycles. The number of rotatable bonds is 6. The highest BCUT2D eigenvalue weighted by Gasteiger charge is 2.28. The molecule has 5 N–H and O–H groups in total. The predicted molar refractivity (Wildman–Crippen MR) is 163 cm³/mol. The summed E-state index contributed by atoms with van der Waals surface area (Å²) in [6.45, 7) is 3.34. The minimum atomic E-state index is -0.139. The van der Waals surface area contributed by atoms with Crippen molar-refractivity contribution >= 4 is 71.2 Å². The van der Waals surface area contributed by atoms with Gasteiger partial charge in [-0.2, -0.15) is 4.37 Å². The number of anilines is 4. The van der Waals surface area contributed by atoms with Crippen LogP contribution in [0.2, 0.25) is 0 Å². The molecule has 6 heterocycles. The van der Waals surface area contributed by atoms with Gasteiger partial charge in [-0.15, -0.1) is 22.7 Å². The van der Waals surface area contributed by atoms with Crippen molar-refractivity contribution in [3.05, 3.63) is 44.9 Å². The number of hydrogen-bond acceptors (Lipinski definition) is 12. The van der Waals surface area contributed by atoms with E-state index in [2.05, 4.69) is 20.9 Å². The average molecular weight is 596 g/mol. The summed E-state index contributed by atoms with van der Waals surface area (Å²) in [6.07, 6.45) is 4.30. The van der Waals surface area contributed by atoms with Gasteiger partial charge in [0, 0.05) is 54.8 Å². The number of aromatic nitrogens is 2. The zero-order chi connectivity index (χ0) is 27.2.